The smallest absolute Gasteiger partial charge is 0.313 e. The molecule has 0 bridgehead atoms. The van der Waals surface area contributed by atoms with Gasteiger partial charge in [0.2, 0.25) is 0 Å². The fourth-order valence-corrected chi connectivity index (χ4v) is 2.88. The van der Waals surface area contributed by atoms with Gasteiger partial charge in [0.1, 0.15) is 11.8 Å². The van der Waals surface area contributed by atoms with Gasteiger partial charge in [0.25, 0.3) is 0 Å². The minimum absolute atomic E-state index is 0.00398. The molecule has 1 saturated carbocycles. The summed E-state index contributed by atoms with van der Waals surface area (Å²) >= 11 is 0. The maximum absolute atomic E-state index is 11.5. The third-order valence-corrected chi connectivity index (χ3v) is 4.09. The molecule has 0 amide bonds. The Labute approximate surface area is 128 Å². The lowest BCUT2D eigenvalue weighted by Gasteiger charge is -2.27. The van der Waals surface area contributed by atoms with Gasteiger partial charge in [-0.15, -0.1) is 0 Å². The number of nitro groups is 1. The van der Waals surface area contributed by atoms with E-state index in [0.29, 0.717) is 25.7 Å². The van der Waals surface area contributed by atoms with Crippen LogP contribution in [0.15, 0.2) is 6.20 Å². The minimum atomic E-state index is -1.38. The number of methoxy groups -OCH3 is 1. The summed E-state index contributed by atoms with van der Waals surface area (Å²) in [4.78, 5) is 22.1. The average molecular weight is 311 g/mol. The lowest BCUT2D eigenvalue weighted by molar-refractivity contribution is -0.386. The van der Waals surface area contributed by atoms with Crippen LogP contribution in [0.2, 0.25) is 0 Å². The Hall–Kier alpha value is -1.96. The van der Waals surface area contributed by atoms with Gasteiger partial charge in [-0.1, -0.05) is 0 Å². The molecular formula is C14H21N3O5. The van der Waals surface area contributed by atoms with Crippen molar-refractivity contribution in [3.8, 4) is 0 Å². The fraction of sp³-hybridized carbons (Fsp3) is 0.714. The van der Waals surface area contributed by atoms with Crippen molar-refractivity contribution < 1.29 is 19.6 Å². The monoisotopic (exact) mass is 311 g/mol. The van der Waals surface area contributed by atoms with Crippen molar-refractivity contribution in [3.63, 3.8) is 0 Å². The third-order valence-electron chi connectivity index (χ3n) is 4.09. The summed E-state index contributed by atoms with van der Waals surface area (Å²) in [6, 6.07) is -0.00398. The first-order valence-electron chi connectivity index (χ1n) is 7.28. The van der Waals surface area contributed by atoms with Crippen molar-refractivity contribution in [3.05, 3.63) is 22.0 Å². The van der Waals surface area contributed by atoms with Crippen LogP contribution < -0.4 is 0 Å². The number of esters is 1. The first kappa shape index (κ1) is 16.4. The molecule has 22 heavy (non-hydrogen) atoms. The number of nitrogens with zero attached hydrogens (tertiary/aromatic N) is 3. The number of aliphatic hydroxyl groups is 1. The molecule has 0 saturated heterocycles. The molecule has 1 heterocycles. The van der Waals surface area contributed by atoms with Gasteiger partial charge in [-0.05, 0) is 39.5 Å². The molecule has 1 aromatic heterocycles. The van der Waals surface area contributed by atoms with E-state index in [9.17, 15) is 20.0 Å². The predicted molar refractivity (Wildman–Crippen MR) is 77.1 cm³/mol. The first-order valence-corrected chi connectivity index (χ1v) is 7.28. The summed E-state index contributed by atoms with van der Waals surface area (Å²) < 4.78 is 6.30. The number of carbonyl (C=O) groups is 1. The predicted octanol–water partition coefficient (Wildman–Crippen LogP) is 1.92. The van der Waals surface area contributed by atoms with Crippen molar-refractivity contribution in [1.29, 1.82) is 0 Å². The number of rotatable bonds is 4. The van der Waals surface area contributed by atoms with E-state index in [4.69, 9.17) is 4.74 Å². The largest absolute Gasteiger partial charge is 0.469 e. The van der Waals surface area contributed by atoms with Gasteiger partial charge in [-0.3, -0.25) is 19.6 Å². The second-order valence-electron chi connectivity index (χ2n) is 6.19. The van der Waals surface area contributed by atoms with Crippen molar-refractivity contribution in [2.24, 2.45) is 5.92 Å². The molecule has 0 radical (unpaired) electrons. The third kappa shape index (κ3) is 3.27. The van der Waals surface area contributed by atoms with Crippen molar-refractivity contribution >= 4 is 11.7 Å². The molecule has 0 aromatic carbocycles. The van der Waals surface area contributed by atoms with Crippen LogP contribution in [0.3, 0.4) is 0 Å². The molecule has 0 unspecified atom stereocenters. The summed E-state index contributed by atoms with van der Waals surface area (Å²) in [5, 5.41) is 25.4. The molecule has 0 spiro atoms. The zero-order valence-corrected chi connectivity index (χ0v) is 13.0. The Morgan fingerprint density at radius 3 is 2.45 bits per heavy atom. The molecule has 1 aliphatic rings. The van der Waals surface area contributed by atoms with Crippen LogP contribution in [0.4, 0.5) is 5.69 Å². The Kier molecular flexibility index (Phi) is 4.50. The molecule has 1 aliphatic carbocycles. The van der Waals surface area contributed by atoms with E-state index in [0.717, 1.165) is 0 Å². The minimum Gasteiger partial charge on any atom is -0.469 e. The lowest BCUT2D eigenvalue weighted by Crippen LogP contribution is -2.25. The van der Waals surface area contributed by atoms with Crippen molar-refractivity contribution in [2.45, 2.75) is 51.2 Å². The zero-order valence-electron chi connectivity index (χ0n) is 13.0. The molecule has 0 atom stereocenters. The number of ether oxygens (including phenoxy) is 1. The standard InChI is InChI=1S/C14H21N3O5/c1-14(2,19)12-11(17(20)21)8-16(15-12)10-6-4-9(5-7-10)13(18)22-3/h8-10,19H,4-7H2,1-3H3. The number of aromatic nitrogens is 2. The van der Waals surface area contributed by atoms with Crippen LogP contribution in [0.25, 0.3) is 0 Å². The molecule has 8 nitrogen and oxygen atoms in total. The topological polar surface area (TPSA) is 107 Å². The number of hydrogen-bond acceptors (Lipinski definition) is 6. The molecule has 0 aliphatic heterocycles. The zero-order chi connectivity index (χ0) is 16.5. The summed E-state index contributed by atoms with van der Waals surface area (Å²) in [6.07, 6.45) is 4.11. The summed E-state index contributed by atoms with van der Waals surface area (Å²) in [5.41, 5.74) is -1.49. The Morgan fingerprint density at radius 1 is 1.45 bits per heavy atom. The molecule has 1 aromatic rings. The van der Waals surface area contributed by atoms with E-state index in [2.05, 4.69) is 5.10 Å². The second-order valence-corrected chi connectivity index (χ2v) is 6.19. The van der Waals surface area contributed by atoms with Gasteiger partial charge in [0, 0.05) is 0 Å². The Morgan fingerprint density at radius 2 is 2.05 bits per heavy atom. The highest BCUT2D eigenvalue weighted by Gasteiger charge is 2.34. The van der Waals surface area contributed by atoms with E-state index in [1.807, 2.05) is 0 Å². The Bertz CT molecular complexity index is 568. The Balaban J connectivity index is 2.18. The number of hydrogen-bond donors (Lipinski definition) is 1. The van der Waals surface area contributed by atoms with Crippen LogP contribution in [0.1, 0.15) is 51.3 Å². The van der Waals surface area contributed by atoms with Gasteiger partial charge >= 0.3 is 11.7 Å². The first-order chi connectivity index (χ1) is 10.2. The van der Waals surface area contributed by atoms with E-state index in [-0.39, 0.29) is 29.3 Å². The van der Waals surface area contributed by atoms with E-state index in [1.165, 1.54) is 27.2 Å². The van der Waals surface area contributed by atoms with Crippen LogP contribution in [-0.4, -0.2) is 32.9 Å². The normalized spacial score (nSPS) is 22.4. The fourth-order valence-electron chi connectivity index (χ4n) is 2.88. The van der Waals surface area contributed by atoms with Crippen LogP contribution in [0.5, 0.6) is 0 Å². The van der Waals surface area contributed by atoms with Gasteiger partial charge in [-0.25, -0.2) is 0 Å². The second kappa shape index (κ2) is 6.04. The maximum atomic E-state index is 11.5. The van der Waals surface area contributed by atoms with Crippen molar-refractivity contribution in [1.82, 2.24) is 9.78 Å². The van der Waals surface area contributed by atoms with Crippen LogP contribution in [-0.2, 0) is 15.1 Å². The average Bonchev–Trinajstić information content (AvgIpc) is 2.92. The lowest BCUT2D eigenvalue weighted by atomic mass is 9.86. The SMILES string of the molecule is COC(=O)C1CCC(n2cc([N+](=O)[O-])c(C(C)(C)O)n2)CC1. The molecule has 1 N–H and O–H groups in total. The maximum Gasteiger partial charge on any atom is 0.313 e. The van der Waals surface area contributed by atoms with Gasteiger partial charge in [-0.2, -0.15) is 5.10 Å². The van der Waals surface area contributed by atoms with E-state index in [1.54, 1.807) is 4.68 Å². The highest BCUT2D eigenvalue weighted by atomic mass is 16.6. The van der Waals surface area contributed by atoms with E-state index < -0.39 is 10.5 Å². The van der Waals surface area contributed by atoms with Crippen LogP contribution >= 0.6 is 0 Å². The number of carbonyl (C=O) groups excluding carboxylic acids is 1. The quantitative estimate of drug-likeness (QED) is 0.517. The van der Waals surface area contributed by atoms with Crippen LogP contribution in [0, 0.1) is 16.0 Å². The van der Waals surface area contributed by atoms with Gasteiger partial charge in [0.05, 0.1) is 24.0 Å². The molecular weight excluding hydrogens is 290 g/mol. The van der Waals surface area contributed by atoms with Crippen molar-refractivity contribution in [2.75, 3.05) is 7.11 Å². The van der Waals surface area contributed by atoms with Gasteiger partial charge in [0.15, 0.2) is 5.69 Å². The molecule has 122 valence electrons. The van der Waals surface area contributed by atoms with Gasteiger partial charge < -0.3 is 9.84 Å². The molecule has 1 fully saturated rings. The van der Waals surface area contributed by atoms with E-state index >= 15 is 0 Å². The summed E-state index contributed by atoms with van der Waals surface area (Å²) in [5.74, 6) is -0.317. The summed E-state index contributed by atoms with van der Waals surface area (Å²) in [7, 11) is 1.38. The molecule has 8 heteroatoms. The molecule has 2 rings (SSSR count). The highest BCUT2D eigenvalue weighted by Crippen LogP contribution is 2.35. The summed E-state index contributed by atoms with van der Waals surface area (Å²) in [6.45, 7) is 2.95. The highest BCUT2D eigenvalue weighted by molar-refractivity contribution is 5.72.